The Balaban J connectivity index is 1.96. The summed E-state index contributed by atoms with van der Waals surface area (Å²) in [6.07, 6.45) is 0.655. The van der Waals surface area contributed by atoms with Crippen molar-refractivity contribution >= 4 is 15.7 Å². The fourth-order valence-corrected chi connectivity index (χ4v) is 3.90. The van der Waals surface area contributed by atoms with Crippen LogP contribution in [0.4, 0.5) is 0 Å². The molecule has 2 rings (SSSR count). The molecule has 1 aromatic rings. The Morgan fingerprint density at radius 2 is 1.92 bits per heavy atom. The van der Waals surface area contributed by atoms with E-state index in [2.05, 4.69) is 5.32 Å². The molecule has 0 bridgehead atoms. The molecule has 7 nitrogen and oxygen atoms in total. The first-order valence-corrected chi connectivity index (χ1v) is 10.1. The minimum Gasteiger partial charge on any atom is -0.486 e. The number of amides is 1. The molecular weight excluding hydrogens is 344 g/mol. The van der Waals surface area contributed by atoms with Gasteiger partial charge in [-0.2, -0.15) is 0 Å². The molecule has 1 atom stereocenters. The van der Waals surface area contributed by atoms with E-state index < -0.39 is 9.84 Å². The van der Waals surface area contributed by atoms with E-state index in [0.29, 0.717) is 37.2 Å². The molecule has 0 fully saturated rings. The molecule has 0 spiro atoms. The summed E-state index contributed by atoms with van der Waals surface area (Å²) in [6.45, 7) is 5.24. The van der Waals surface area contributed by atoms with Gasteiger partial charge in [0.2, 0.25) is 5.91 Å². The normalized spacial score (nSPS) is 15.0. The van der Waals surface area contributed by atoms with E-state index in [4.69, 9.17) is 15.2 Å². The van der Waals surface area contributed by atoms with Crippen molar-refractivity contribution in [2.45, 2.75) is 37.6 Å². The molecule has 1 aliphatic rings. The maximum absolute atomic E-state index is 12.5. The first-order valence-electron chi connectivity index (χ1n) is 8.43. The Kier molecular flexibility index (Phi) is 6.66. The van der Waals surface area contributed by atoms with Gasteiger partial charge in [0.25, 0.3) is 0 Å². The Bertz CT molecular complexity index is 703. The monoisotopic (exact) mass is 370 g/mol. The molecule has 0 saturated carbocycles. The summed E-state index contributed by atoms with van der Waals surface area (Å²) in [5, 5.41) is 2.80. The van der Waals surface area contributed by atoms with Gasteiger partial charge in [0.15, 0.2) is 21.3 Å². The number of nitrogens with one attached hydrogen (secondary N) is 1. The lowest BCUT2D eigenvalue weighted by Gasteiger charge is -2.19. The van der Waals surface area contributed by atoms with Gasteiger partial charge in [-0.1, -0.05) is 13.8 Å². The lowest BCUT2D eigenvalue weighted by atomic mass is 10.0. The third-order valence-corrected chi connectivity index (χ3v) is 5.59. The third kappa shape index (κ3) is 5.61. The molecule has 0 saturated heterocycles. The van der Waals surface area contributed by atoms with E-state index in [9.17, 15) is 13.2 Å². The van der Waals surface area contributed by atoms with Crippen LogP contribution < -0.4 is 20.5 Å². The van der Waals surface area contributed by atoms with Gasteiger partial charge in [-0.05, 0) is 24.5 Å². The Morgan fingerprint density at radius 3 is 2.56 bits per heavy atom. The minimum atomic E-state index is -3.58. The molecule has 0 aromatic heterocycles. The van der Waals surface area contributed by atoms with Gasteiger partial charge in [0, 0.05) is 25.1 Å². The van der Waals surface area contributed by atoms with Crippen LogP contribution >= 0.6 is 0 Å². The summed E-state index contributed by atoms with van der Waals surface area (Å²) in [4.78, 5) is 12.2. The summed E-state index contributed by atoms with van der Waals surface area (Å²) >= 11 is 0. The summed E-state index contributed by atoms with van der Waals surface area (Å²) in [5.74, 6) is 0.768. The predicted molar refractivity (Wildman–Crippen MR) is 94.5 cm³/mol. The molecule has 1 heterocycles. The van der Waals surface area contributed by atoms with E-state index >= 15 is 0 Å². The van der Waals surface area contributed by atoms with Crippen molar-refractivity contribution in [2.75, 3.05) is 25.5 Å². The third-order valence-electron chi connectivity index (χ3n) is 3.88. The molecule has 1 unspecified atom stereocenters. The zero-order chi connectivity index (χ0) is 18.4. The van der Waals surface area contributed by atoms with E-state index in [1.807, 2.05) is 13.8 Å². The molecule has 1 aliphatic heterocycles. The lowest BCUT2D eigenvalue weighted by molar-refractivity contribution is -0.121. The van der Waals surface area contributed by atoms with Crippen molar-refractivity contribution in [2.24, 2.45) is 11.7 Å². The largest absolute Gasteiger partial charge is 0.486 e. The summed E-state index contributed by atoms with van der Waals surface area (Å²) in [7, 11) is -3.58. The zero-order valence-corrected chi connectivity index (χ0v) is 15.5. The van der Waals surface area contributed by atoms with Crippen molar-refractivity contribution in [3.05, 3.63) is 18.2 Å². The van der Waals surface area contributed by atoms with Gasteiger partial charge >= 0.3 is 0 Å². The molecule has 0 aliphatic carbocycles. The first kappa shape index (κ1) is 19.5. The highest BCUT2D eigenvalue weighted by Crippen LogP contribution is 2.32. The number of ether oxygens (including phenoxy) is 2. The van der Waals surface area contributed by atoms with Crippen LogP contribution in [0.1, 0.15) is 26.7 Å². The standard InChI is InChI=1S/C17H26N2O5S/c1-12(2)9-13(11-18)19-17(20)5-8-25(21,22)14-3-4-15-16(10-14)24-7-6-23-15/h3-4,10,12-13H,5-9,11,18H2,1-2H3,(H,19,20). The van der Waals surface area contributed by atoms with Crippen molar-refractivity contribution < 1.29 is 22.7 Å². The van der Waals surface area contributed by atoms with Crippen molar-refractivity contribution in [3.63, 3.8) is 0 Å². The van der Waals surface area contributed by atoms with Gasteiger partial charge in [0.05, 0.1) is 10.6 Å². The van der Waals surface area contributed by atoms with Gasteiger partial charge in [-0.15, -0.1) is 0 Å². The van der Waals surface area contributed by atoms with Crippen molar-refractivity contribution in [1.82, 2.24) is 5.32 Å². The molecule has 8 heteroatoms. The quantitative estimate of drug-likeness (QED) is 0.710. The van der Waals surface area contributed by atoms with Crippen LogP contribution in [0.15, 0.2) is 23.1 Å². The van der Waals surface area contributed by atoms with Crippen LogP contribution in [0.3, 0.4) is 0 Å². The smallest absolute Gasteiger partial charge is 0.221 e. The maximum Gasteiger partial charge on any atom is 0.221 e. The van der Waals surface area contributed by atoms with Crippen LogP contribution in [-0.4, -0.2) is 45.9 Å². The number of benzene rings is 1. The van der Waals surface area contributed by atoms with E-state index in [1.54, 1.807) is 6.07 Å². The molecule has 3 N–H and O–H groups in total. The molecule has 1 aromatic carbocycles. The maximum atomic E-state index is 12.5. The molecular formula is C17H26N2O5S. The number of nitrogens with two attached hydrogens (primary N) is 1. The van der Waals surface area contributed by atoms with Crippen molar-refractivity contribution in [3.8, 4) is 11.5 Å². The molecule has 1 amide bonds. The number of rotatable bonds is 8. The van der Waals surface area contributed by atoms with Crippen LogP contribution in [-0.2, 0) is 14.6 Å². The van der Waals surface area contributed by atoms with E-state index in [1.165, 1.54) is 12.1 Å². The fraction of sp³-hybridized carbons (Fsp3) is 0.588. The molecule has 0 radical (unpaired) electrons. The minimum absolute atomic E-state index is 0.106. The highest BCUT2D eigenvalue weighted by atomic mass is 32.2. The number of hydrogen-bond acceptors (Lipinski definition) is 6. The summed E-state index contributed by atoms with van der Waals surface area (Å²) < 4.78 is 35.7. The second-order valence-corrected chi connectivity index (χ2v) is 8.61. The van der Waals surface area contributed by atoms with Gasteiger partial charge < -0.3 is 20.5 Å². The Morgan fingerprint density at radius 1 is 1.24 bits per heavy atom. The SMILES string of the molecule is CC(C)CC(CN)NC(=O)CCS(=O)(=O)c1ccc2c(c1)OCCO2. The number of hydrogen-bond donors (Lipinski definition) is 2. The summed E-state index contributed by atoms with van der Waals surface area (Å²) in [5.41, 5.74) is 5.65. The lowest BCUT2D eigenvalue weighted by Crippen LogP contribution is -2.41. The van der Waals surface area contributed by atoms with E-state index in [-0.39, 0.29) is 29.0 Å². The average molecular weight is 370 g/mol. The van der Waals surface area contributed by atoms with Crippen LogP contribution in [0, 0.1) is 5.92 Å². The first-order chi connectivity index (χ1) is 11.8. The van der Waals surface area contributed by atoms with Crippen LogP contribution in [0.25, 0.3) is 0 Å². The van der Waals surface area contributed by atoms with Crippen LogP contribution in [0.5, 0.6) is 11.5 Å². The number of sulfone groups is 1. The van der Waals surface area contributed by atoms with Crippen molar-refractivity contribution in [1.29, 1.82) is 0 Å². The fourth-order valence-electron chi connectivity index (χ4n) is 2.64. The number of fused-ring (bicyclic) bond motifs is 1. The highest BCUT2D eigenvalue weighted by molar-refractivity contribution is 7.91. The zero-order valence-electron chi connectivity index (χ0n) is 14.7. The second-order valence-electron chi connectivity index (χ2n) is 6.50. The predicted octanol–water partition coefficient (Wildman–Crippen LogP) is 1.11. The summed E-state index contributed by atoms with van der Waals surface area (Å²) in [6, 6.07) is 4.37. The molecule has 25 heavy (non-hydrogen) atoms. The average Bonchev–Trinajstić information content (AvgIpc) is 2.58. The van der Waals surface area contributed by atoms with E-state index in [0.717, 1.165) is 6.42 Å². The van der Waals surface area contributed by atoms with Gasteiger partial charge in [-0.3, -0.25) is 4.79 Å². The Hall–Kier alpha value is -1.80. The van der Waals surface area contributed by atoms with Gasteiger partial charge in [-0.25, -0.2) is 8.42 Å². The topological polar surface area (TPSA) is 108 Å². The molecule has 140 valence electrons. The Labute approximate surface area is 148 Å². The highest BCUT2D eigenvalue weighted by Gasteiger charge is 2.21. The second kappa shape index (κ2) is 8.53. The van der Waals surface area contributed by atoms with Gasteiger partial charge in [0.1, 0.15) is 13.2 Å². The number of carbonyl (C=O) groups is 1. The number of carbonyl (C=O) groups excluding carboxylic acids is 1. The van der Waals surface area contributed by atoms with Crippen LogP contribution in [0.2, 0.25) is 0 Å².